The van der Waals surface area contributed by atoms with Gasteiger partial charge in [0.15, 0.2) is 6.10 Å². The van der Waals surface area contributed by atoms with Crippen LogP contribution in [0.5, 0.6) is 0 Å². The molecule has 9 nitrogen and oxygen atoms in total. The number of sulfonamides is 1. The number of ether oxygens (including phenoxy) is 1. The first-order valence-electron chi connectivity index (χ1n) is 8.05. The highest BCUT2D eigenvalue weighted by Crippen LogP contribution is 2.23. The van der Waals surface area contributed by atoms with Crippen LogP contribution in [-0.4, -0.2) is 69.6 Å². The molecule has 0 aliphatic rings. The van der Waals surface area contributed by atoms with Crippen LogP contribution in [0.4, 0.5) is 5.69 Å². The summed E-state index contributed by atoms with van der Waals surface area (Å²) in [5.41, 5.74) is 0.252. The molecule has 0 fully saturated rings. The first-order chi connectivity index (χ1) is 12.1. The molecule has 0 unspecified atom stereocenters. The summed E-state index contributed by atoms with van der Waals surface area (Å²) in [6, 6.07) is 3.94. The highest BCUT2D eigenvalue weighted by atomic mass is 32.2. The van der Waals surface area contributed by atoms with Crippen molar-refractivity contribution < 1.29 is 27.9 Å². The van der Waals surface area contributed by atoms with Crippen LogP contribution in [-0.2, 0) is 19.6 Å². The number of aliphatic hydroxyl groups is 1. The Kier molecular flexibility index (Phi) is 8.00. The Hall–Kier alpha value is -2.17. The van der Waals surface area contributed by atoms with E-state index < -0.39 is 28.0 Å². The standard InChI is InChI=1S/C16H25N3O6S/c1-5-17-15(21)11(2)25-16(22)13-10-12(26(23,24)19(3)4)6-7-14(13)18-8-9-20/h6-7,10-11,18,20H,5,8-9H2,1-4H3,(H,17,21)/t11-/m0/s1. The van der Waals surface area contributed by atoms with Gasteiger partial charge in [-0.2, -0.15) is 0 Å². The van der Waals surface area contributed by atoms with Crippen LogP contribution < -0.4 is 10.6 Å². The second kappa shape index (κ2) is 9.51. The van der Waals surface area contributed by atoms with Crippen LogP contribution in [0.2, 0.25) is 0 Å². The quantitative estimate of drug-likeness (QED) is 0.510. The SMILES string of the molecule is CCNC(=O)[C@H](C)OC(=O)c1cc(S(=O)(=O)N(C)C)ccc1NCCO. The Morgan fingerprint density at radius 3 is 2.50 bits per heavy atom. The molecule has 3 N–H and O–H groups in total. The monoisotopic (exact) mass is 387 g/mol. The molecule has 10 heteroatoms. The molecule has 0 aliphatic heterocycles. The van der Waals surface area contributed by atoms with Crippen molar-refractivity contribution in [3.63, 3.8) is 0 Å². The van der Waals surface area contributed by atoms with Crippen LogP contribution in [0, 0.1) is 0 Å². The summed E-state index contributed by atoms with van der Waals surface area (Å²) in [4.78, 5) is 24.1. The van der Waals surface area contributed by atoms with Crippen molar-refractivity contribution in [2.24, 2.45) is 0 Å². The molecule has 0 aliphatic carbocycles. The highest BCUT2D eigenvalue weighted by molar-refractivity contribution is 7.89. The minimum atomic E-state index is -3.75. The number of carbonyl (C=O) groups is 2. The second-order valence-electron chi connectivity index (χ2n) is 5.59. The average molecular weight is 387 g/mol. The summed E-state index contributed by atoms with van der Waals surface area (Å²) in [5.74, 6) is -1.30. The van der Waals surface area contributed by atoms with Gasteiger partial charge in [-0.3, -0.25) is 4.79 Å². The van der Waals surface area contributed by atoms with Crippen LogP contribution in [0.15, 0.2) is 23.1 Å². The maximum atomic E-state index is 12.5. The fraction of sp³-hybridized carbons (Fsp3) is 0.500. The molecule has 1 rings (SSSR count). The summed E-state index contributed by atoms with van der Waals surface area (Å²) in [5, 5.41) is 14.3. The summed E-state index contributed by atoms with van der Waals surface area (Å²) in [7, 11) is -1.000. The molecule has 0 saturated carbocycles. The molecule has 1 aromatic carbocycles. The van der Waals surface area contributed by atoms with Crippen LogP contribution in [0.25, 0.3) is 0 Å². The van der Waals surface area contributed by atoms with Crippen molar-refractivity contribution >= 4 is 27.6 Å². The third-order valence-corrected chi connectivity index (χ3v) is 5.23. The van der Waals surface area contributed by atoms with Crippen molar-refractivity contribution in [1.82, 2.24) is 9.62 Å². The van der Waals surface area contributed by atoms with Crippen LogP contribution >= 0.6 is 0 Å². The minimum Gasteiger partial charge on any atom is -0.449 e. The summed E-state index contributed by atoms with van der Waals surface area (Å²) < 4.78 is 30.8. The zero-order chi connectivity index (χ0) is 19.9. The summed E-state index contributed by atoms with van der Waals surface area (Å²) >= 11 is 0. The number of amides is 1. The number of anilines is 1. The zero-order valence-corrected chi connectivity index (χ0v) is 16.1. The first kappa shape index (κ1) is 21.9. The molecule has 1 amide bonds. The number of aliphatic hydroxyl groups excluding tert-OH is 1. The maximum absolute atomic E-state index is 12.5. The molecule has 0 spiro atoms. The van der Waals surface area contributed by atoms with Gasteiger partial charge in [0, 0.05) is 32.9 Å². The van der Waals surface area contributed by atoms with E-state index in [4.69, 9.17) is 9.84 Å². The second-order valence-corrected chi connectivity index (χ2v) is 7.74. The van der Waals surface area contributed by atoms with E-state index in [9.17, 15) is 18.0 Å². The third kappa shape index (κ3) is 5.41. The molecule has 0 radical (unpaired) electrons. The Morgan fingerprint density at radius 1 is 1.31 bits per heavy atom. The average Bonchev–Trinajstić information content (AvgIpc) is 2.59. The lowest BCUT2D eigenvalue weighted by molar-refractivity contribution is -0.128. The topological polar surface area (TPSA) is 125 Å². The van der Waals surface area contributed by atoms with E-state index in [1.807, 2.05) is 0 Å². The van der Waals surface area contributed by atoms with E-state index in [-0.39, 0.29) is 23.6 Å². The number of nitrogens with one attached hydrogen (secondary N) is 2. The van der Waals surface area contributed by atoms with E-state index in [1.165, 1.54) is 39.2 Å². The molecule has 146 valence electrons. The lowest BCUT2D eigenvalue weighted by Gasteiger charge is -2.17. The summed E-state index contributed by atoms with van der Waals surface area (Å²) in [6.45, 7) is 3.52. The number of nitrogens with zero attached hydrogens (tertiary/aromatic N) is 1. The smallest absolute Gasteiger partial charge is 0.341 e. The Balaban J connectivity index is 3.22. The normalized spacial score (nSPS) is 12.5. The molecule has 1 atom stereocenters. The third-order valence-electron chi connectivity index (χ3n) is 3.42. The van der Waals surface area contributed by atoms with Crippen molar-refractivity contribution in [3.05, 3.63) is 23.8 Å². The fourth-order valence-corrected chi connectivity index (χ4v) is 2.93. The number of likely N-dealkylation sites (N-methyl/N-ethyl adjacent to an activating group) is 1. The molecular formula is C16H25N3O6S. The number of benzene rings is 1. The van der Waals surface area contributed by atoms with E-state index in [2.05, 4.69) is 10.6 Å². The predicted molar refractivity (Wildman–Crippen MR) is 96.5 cm³/mol. The molecule has 0 bridgehead atoms. The van der Waals surface area contributed by atoms with Crippen molar-refractivity contribution in [1.29, 1.82) is 0 Å². The van der Waals surface area contributed by atoms with Gasteiger partial charge in [0.05, 0.1) is 17.1 Å². The van der Waals surface area contributed by atoms with Gasteiger partial charge >= 0.3 is 5.97 Å². The van der Waals surface area contributed by atoms with Gasteiger partial charge in [0.1, 0.15) is 0 Å². The number of hydrogen-bond donors (Lipinski definition) is 3. The molecule has 1 aromatic rings. The van der Waals surface area contributed by atoms with Gasteiger partial charge < -0.3 is 20.5 Å². The summed E-state index contributed by atoms with van der Waals surface area (Å²) in [6.07, 6.45) is -1.04. The maximum Gasteiger partial charge on any atom is 0.341 e. The fourth-order valence-electron chi connectivity index (χ4n) is 2.00. The van der Waals surface area contributed by atoms with Gasteiger partial charge in [-0.15, -0.1) is 0 Å². The number of esters is 1. The minimum absolute atomic E-state index is 0.0440. The van der Waals surface area contributed by atoms with E-state index in [1.54, 1.807) is 6.92 Å². The first-order valence-corrected chi connectivity index (χ1v) is 9.49. The van der Waals surface area contributed by atoms with Gasteiger partial charge in [0.25, 0.3) is 5.91 Å². The van der Waals surface area contributed by atoms with Gasteiger partial charge in [-0.1, -0.05) is 0 Å². The van der Waals surface area contributed by atoms with Crippen molar-refractivity contribution in [2.45, 2.75) is 24.8 Å². The molecule has 0 heterocycles. The lowest BCUT2D eigenvalue weighted by Crippen LogP contribution is -2.35. The zero-order valence-electron chi connectivity index (χ0n) is 15.3. The van der Waals surface area contributed by atoms with Crippen LogP contribution in [0.1, 0.15) is 24.2 Å². The van der Waals surface area contributed by atoms with Gasteiger partial charge in [-0.25, -0.2) is 17.5 Å². The van der Waals surface area contributed by atoms with E-state index in [0.29, 0.717) is 12.2 Å². The molecule has 0 aromatic heterocycles. The van der Waals surface area contributed by atoms with Gasteiger partial charge in [-0.05, 0) is 32.0 Å². The van der Waals surface area contributed by atoms with Crippen molar-refractivity contribution in [2.75, 3.05) is 39.1 Å². The molecule has 26 heavy (non-hydrogen) atoms. The number of rotatable bonds is 9. The predicted octanol–water partition coefficient (Wildman–Crippen LogP) is 0.0225. The number of carbonyl (C=O) groups excluding carboxylic acids is 2. The van der Waals surface area contributed by atoms with Crippen LogP contribution in [0.3, 0.4) is 0 Å². The lowest BCUT2D eigenvalue weighted by atomic mass is 10.1. The Morgan fingerprint density at radius 2 is 1.96 bits per heavy atom. The largest absolute Gasteiger partial charge is 0.449 e. The number of hydrogen-bond acceptors (Lipinski definition) is 7. The van der Waals surface area contributed by atoms with Gasteiger partial charge in [0.2, 0.25) is 10.0 Å². The van der Waals surface area contributed by atoms with Crippen molar-refractivity contribution in [3.8, 4) is 0 Å². The highest BCUT2D eigenvalue weighted by Gasteiger charge is 2.24. The molecular weight excluding hydrogens is 362 g/mol. The van der Waals surface area contributed by atoms with E-state index >= 15 is 0 Å². The molecule has 0 saturated heterocycles. The van der Waals surface area contributed by atoms with E-state index in [0.717, 1.165) is 4.31 Å². The Bertz CT molecular complexity index is 748. The Labute approximate surface area is 153 Å².